The molecule has 4 nitrogen and oxygen atoms in total. The zero-order valence-corrected chi connectivity index (χ0v) is 10.4. The van der Waals surface area contributed by atoms with Crippen LogP contribution in [-0.4, -0.2) is 10.5 Å². The number of nitrogens with one attached hydrogen (secondary N) is 1. The first kappa shape index (κ1) is 12.4. The predicted molar refractivity (Wildman–Crippen MR) is 72.1 cm³/mol. The summed E-state index contributed by atoms with van der Waals surface area (Å²) in [5.41, 5.74) is 8.50. The van der Waals surface area contributed by atoms with E-state index < -0.39 is 0 Å². The van der Waals surface area contributed by atoms with Crippen LogP contribution < -0.4 is 11.1 Å². The van der Waals surface area contributed by atoms with Crippen LogP contribution in [0.1, 0.15) is 11.1 Å². The highest BCUT2D eigenvalue weighted by Gasteiger charge is 2.04. The van der Waals surface area contributed by atoms with Crippen molar-refractivity contribution in [3.63, 3.8) is 0 Å². The molecule has 1 amide bonds. The Labute approximate surface area is 106 Å². The highest BCUT2D eigenvalue weighted by Crippen LogP contribution is 2.09. The van der Waals surface area contributed by atoms with Crippen molar-refractivity contribution in [1.82, 2.24) is 4.57 Å². The smallest absolute Gasteiger partial charge is 0.244 e. The number of hydrogen-bond donors (Lipinski definition) is 2. The van der Waals surface area contributed by atoms with Gasteiger partial charge in [0, 0.05) is 24.6 Å². The topological polar surface area (TPSA) is 60.0 Å². The van der Waals surface area contributed by atoms with Gasteiger partial charge in [0.25, 0.3) is 0 Å². The van der Waals surface area contributed by atoms with Crippen molar-refractivity contribution in [2.45, 2.75) is 20.0 Å². The van der Waals surface area contributed by atoms with Gasteiger partial charge in [0.05, 0.1) is 0 Å². The van der Waals surface area contributed by atoms with Crippen LogP contribution in [-0.2, 0) is 17.9 Å². The fourth-order valence-electron chi connectivity index (χ4n) is 1.80. The normalized spacial score (nSPS) is 10.3. The quantitative estimate of drug-likeness (QED) is 0.861. The fourth-order valence-corrected chi connectivity index (χ4v) is 1.80. The third-order valence-electron chi connectivity index (χ3n) is 2.68. The second kappa shape index (κ2) is 5.51. The van der Waals surface area contributed by atoms with E-state index in [4.69, 9.17) is 5.73 Å². The minimum atomic E-state index is -0.0419. The van der Waals surface area contributed by atoms with E-state index in [2.05, 4.69) is 5.32 Å². The van der Waals surface area contributed by atoms with Gasteiger partial charge in [-0.1, -0.05) is 12.1 Å². The molecular formula is C14H17N3O. The number of carbonyl (C=O) groups is 1. The van der Waals surface area contributed by atoms with Crippen LogP contribution >= 0.6 is 0 Å². The molecule has 0 bridgehead atoms. The molecule has 2 aromatic rings. The Morgan fingerprint density at radius 1 is 1.39 bits per heavy atom. The molecule has 0 aliphatic rings. The maximum atomic E-state index is 11.8. The number of aryl methyl sites for hydroxylation is 1. The van der Waals surface area contributed by atoms with Crippen LogP contribution in [0.5, 0.6) is 0 Å². The summed E-state index contributed by atoms with van der Waals surface area (Å²) < 4.78 is 1.83. The van der Waals surface area contributed by atoms with Gasteiger partial charge in [-0.05, 0) is 36.2 Å². The first-order valence-corrected chi connectivity index (χ1v) is 5.88. The van der Waals surface area contributed by atoms with E-state index in [1.165, 1.54) is 0 Å². The van der Waals surface area contributed by atoms with Gasteiger partial charge in [0.2, 0.25) is 5.91 Å². The van der Waals surface area contributed by atoms with Gasteiger partial charge in [-0.25, -0.2) is 0 Å². The maximum Gasteiger partial charge on any atom is 0.244 e. The van der Waals surface area contributed by atoms with E-state index in [0.29, 0.717) is 13.1 Å². The summed E-state index contributed by atoms with van der Waals surface area (Å²) in [5.74, 6) is -0.0419. The lowest BCUT2D eigenvalue weighted by molar-refractivity contribution is -0.116. The van der Waals surface area contributed by atoms with Gasteiger partial charge in [0.1, 0.15) is 6.54 Å². The third kappa shape index (κ3) is 3.21. The van der Waals surface area contributed by atoms with Gasteiger partial charge in [-0.2, -0.15) is 0 Å². The van der Waals surface area contributed by atoms with E-state index in [1.807, 2.05) is 54.2 Å². The lowest BCUT2D eigenvalue weighted by Crippen LogP contribution is -2.17. The molecule has 0 unspecified atom stereocenters. The number of aromatic nitrogens is 1. The number of nitrogens with zero attached hydrogens (tertiary/aromatic N) is 1. The predicted octanol–water partition coefficient (Wildman–Crippen LogP) is 1.89. The van der Waals surface area contributed by atoms with Crippen LogP contribution in [0.25, 0.3) is 0 Å². The van der Waals surface area contributed by atoms with E-state index in [9.17, 15) is 4.79 Å². The summed E-state index contributed by atoms with van der Waals surface area (Å²) in [6, 6.07) is 9.66. The second-order valence-electron chi connectivity index (χ2n) is 4.31. The zero-order chi connectivity index (χ0) is 13.0. The fraction of sp³-hybridized carbons (Fsp3) is 0.214. The minimum Gasteiger partial charge on any atom is -0.345 e. The SMILES string of the molecule is Cc1cccc(NC(=O)Cn2ccc(CN)c2)c1. The standard InChI is InChI=1S/C14H17N3O/c1-11-3-2-4-13(7-11)16-14(18)10-17-6-5-12(8-15)9-17/h2-7,9H,8,10,15H2,1H3,(H,16,18). The van der Waals surface area contributed by atoms with Gasteiger partial charge < -0.3 is 15.6 Å². The Hall–Kier alpha value is -2.07. The van der Waals surface area contributed by atoms with Crippen molar-refractivity contribution in [3.8, 4) is 0 Å². The molecule has 0 saturated carbocycles. The van der Waals surface area contributed by atoms with E-state index in [1.54, 1.807) is 0 Å². The maximum absolute atomic E-state index is 11.8. The summed E-state index contributed by atoms with van der Waals surface area (Å²) in [6.45, 7) is 2.79. The van der Waals surface area contributed by atoms with Crippen molar-refractivity contribution in [3.05, 3.63) is 53.9 Å². The highest BCUT2D eigenvalue weighted by atomic mass is 16.1. The first-order valence-electron chi connectivity index (χ1n) is 5.88. The Morgan fingerprint density at radius 3 is 2.89 bits per heavy atom. The molecular weight excluding hydrogens is 226 g/mol. The molecule has 1 aromatic heterocycles. The molecule has 94 valence electrons. The van der Waals surface area contributed by atoms with E-state index in [0.717, 1.165) is 16.8 Å². The molecule has 0 fully saturated rings. The number of hydrogen-bond acceptors (Lipinski definition) is 2. The first-order chi connectivity index (χ1) is 8.67. The second-order valence-corrected chi connectivity index (χ2v) is 4.31. The molecule has 0 radical (unpaired) electrons. The van der Waals surface area contributed by atoms with E-state index in [-0.39, 0.29) is 5.91 Å². The van der Waals surface area contributed by atoms with Crippen molar-refractivity contribution in [2.24, 2.45) is 5.73 Å². The zero-order valence-electron chi connectivity index (χ0n) is 10.4. The average Bonchev–Trinajstić information content (AvgIpc) is 2.76. The summed E-state index contributed by atoms with van der Waals surface area (Å²) in [6.07, 6.45) is 3.74. The summed E-state index contributed by atoms with van der Waals surface area (Å²) in [4.78, 5) is 11.8. The lowest BCUT2D eigenvalue weighted by atomic mass is 10.2. The van der Waals surface area contributed by atoms with Crippen molar-refractivity contribution in [2.75, 3.05) is 5.32 Å². The molecule has 2 rings (SSSR count). The molecule has 18 heavy (non-hydrogen) atoms. The minimum absolute atomic E-state index is 0.0419. The summed E-state index contributed by atoms with van der Waals surface area (Å²) >= 11 is 0. The monoisotopic (exact) mass is 243 g/mol. The Kier molecular flexibility index (Phi) is 3.79. The molecule has 3 N–H and O–H groups in total. The molecule has 4 heteroatoms. The number of carbonyl (C=O) groups excluding carboxylic acids is 1. The lowest BCUT2D eigenvalue weighted by Gasteiger charge is -2.06. The number of rotatable bonds is 4. The van der Waals surface area contributed by atoms with Gasteiger partial charge in [-0.3, -0.25) is 4.79 Å². The Balaban J connectivity index is 1.96. The Bertz CT molecular complexity index is 545. The summed E-state index contributed by atoms with van der Waals surface area (Å²) in [5, 5.41) is 2.87. The number of anilines is 1. The number of benzene rings is 1. The van der Waals surface area contributed by atoms with Crippen LogP contribution in [0.2, 0.25) is 0 Å². The molecule has 1 heterocycles. The largest absolute Gasteiger partial charge is 0.345 e. The Morgan fingerprint density at radius 2 is 2.22 bits per heavy atom. The summed E-state index contributed by atoms with van der Waals surface area (Å²) in [7, 11) is 0. The van der Waals surface area contributed by atoms with Crippen LogP contribution in [0, 0.1) is 6.92 Å². The molecule has 1 aromatic carbocycles. The van der Waals surface area contributed by atoms with Crippen molar-refractivity contribution in [1.29, 1.82) is 0 Å². The molecule has 0 spiro atoms. The molecule has 0 aliphatic heterocycles. The van der Waals surface area contributed by atoms with Crippen LogP contribution in [0.15, 0.2) is 42.7 Å². The van der Waals surface area contributed by atoms with Crippen LogP contribution in [0.4, 0.5) is 5.69 Å². The molecule has 0 saturated heterocycles. The number of amides is 1. The van der Waals surface area contributed by atoms with Gasteiger partial charge >= 0.3 is 0 Å². The third-order valence-corrected chi connectivity index (χ3v) is 2.68. The van der Waals surface area contributed by atoms with Gasteiger partial charge in [-0.15, -0.1) is 0 Å². The average molecular weight is 243 g/mol. The van der Waals surface area contributed by atoms with Gasteiger partial charge in [0.15, 0.2) is 0 Å². The van der Waals surface area contributed by atoms with E-state index >= 15 is 0 Å². The molecule has 0 aliphatic carbocycles. The highest BCUT2D eigenvalue weighted by molar-refractivity contribution is 5.90. The number of nitrogens with two attached hydrogens (primary N) is 1. The van der Waals surface area contributed by atoms with Crippen molar-refractivity contribution >= 4 is 11.6 Å². The molecule has 0 atom stereocenters. The van der Waals surface area contributed by atoms with Crippen molar-refractivity contribution < 1.29 is 4.79 Å². The van der Waals surface area contributed by atoms with Crippen LogP contribution in [0.3, 0.4) is 0 Å².